The van der Waals surface area contributed by atoms with Crippen molar-refractivity contribution in [3.8, 4) is 55.6 Å². The van der Waals surface area contributed by atoms with E-state index < -0.39 is 0 Å². The van der Waals surface area contributed by atoms with E-state index in [0.717, 1.165) is 37.1 Å². The van der Waals surface area contributed by atoms with Crippen LogP contribution < -0.4 is 9.80 Å². The van der Waals surface area contributed by atoms with Gasteiger partial charge in [-0.05, 0) is 207 Å². The molecule has 0 bridgehead atoms. The van der Waals surface area contributed by atoms with Crippen LogP contribution in [0, 0.1) is 0 Å². The fraction of sp³-hybridized carbons (Fsp3) is 0.0500. The normalized spacial score (nSPS) is 12.9. The van der Waals surface area contributed by atoms with Crippen molar-refractivity contribution in [2.24, 2.45) is 0 Å². The van der Waals surface area contributed by atoms with Gasteiger partial charge in [0.2, 0.25) is 0 Å². The average Bonchev–Trinajstić information content (AvgIpc) is 3.28. The zero-order valence-electron chi connectivity index (χ0n) is 45.4. The van der Waals surface area contributed by atoms with Crippen molar-refractivity contribution in [3.05, 3.63) is 313 Å². The molecule has 0 fully saturated rings. The maximum atomic E-state index is 2.52. The van der Waals surface area contributed by atoms with Crippen LogP contribution in [-0.4, -0.2) is 0 Å². The Balaban J connectivity index is 0.960. The third-order valence-corrected chi connectivity index (χ3v) is 17.5. The highest BCUT2D eigenvalue weighted by Gasteiger charge is 2.28. The van der Waals surface area contributed by atoms with Gasteiger partial charge in [0.25, 0.3) is 0 Å². The molecule has 82 heavy (non-hydrogen) atoms. The second-order valence-corrected chi connectivity index (χ2v) is 22.1. The zero-order chi connectivity index (χ0) is 54.1. The van der Waals surface area contributed by atoms with Crippen molar-refractivity contribution in [1.82, 2.24) is 0 Å². The van der Waals surface area contributed by atoms with Gasteiger partial charge in [0, 0.05) is 34.1 Å². The first-order valence-electron chi connectivity index (χ1n) is 28.9. The largest absolute Gasteiger partial charge is 0.310 e. The molecule has 0 unspecified atom stereocenters. The number of para-hydroxylation sites is 4. The molecular formula is C80H56N2. The van der Waals surface area contributed by atoms with Gasteiger partial charge in [0.15, 0.2) is 0 Å². The second-order valence-electron chi connectivity index (χ2n) is 22.1. The van der Waals surface area contributed by atoms with Crippen LogP contribution in [0.4, 0.5) is 34.1 Å². The lowest BCUT2D eigenvalue weighted by Crippen LogP contribution is -2.12. The van der Waals surface area contributed by atoms with Gasteiger partial charge in [-0.25, -0.2) is 0 Å². The molecule has 0 amide bonds. The highest BCUT2D eigenvalue weighted by atomic mass is 15.2. The maximum Gasteiger partial charge on any atom is 0.0493 e. The Morgan fingerprint density at radius 1 is 0.183 bits per heavy atom. The Hall–Kier alpha value is -10.3. The number of anilines is 6. The number of rotatable bonds is 7. The molecule has 2 nitrogen and oxygen atoms in total. The van der Waals surface area contributed by atoms with E-state index in [0.29, 0.717) is 0 Å². The van der Waals surface area contributed by atoms with E-state index in [9.17, 15) is 0 Å². The summed E-state index contributed by atoms with van der Waals surface area (Å²) in [4.78, 5) is 5.05. The minimum atomic E-state index is 0.986. The Labute approximate surface area is 479 Å². The van der Waals surface area contributed by atoms with Crippen LogP contribution in [0.5, 0.6) is 0 Å². The highest BCUT2D eigenvalue weighted by Crippen LogP contribution is 2.53. The van der Waals surface area contributed by atoms with E-state index in [4.69, 9.17) is 0 Å². The summed E-state index contributed by atoms with van der Waals surface area (Å²) < 4.78 is 0. The Bertz CT molecular complexity index is 4310. The summed E-state index contributed by atoms with van der Waals surface area (Å²) in [5, 5.41) is 9.79. The number of hydrogen-bond donors (Lipinski definition) is 0. The predicted molar refractivity (Wildman–Crippen MR) is 348 cm³/mol. The van der Waals surface area contributed by atoms with Crippen molar-refractivity contribution >= 4 is 77.2 Å². The van der Waals surface area contributed by atoms with Gasteiger partial charge in [0.05, 0.1) is 0 Å². The summed E-state index contributed by atoms with van der Waals surface area (Å²) in [5.41, 5.74) is 24.7. The Kier molecular flexibility index (Phi) is 11.5. The summed E-state index contributed by atoms with van der Waals surface area (Å²) >= 11 is 0. The van der Waals surface area contributed by atoms with Gasteiger partial charge >= 0.3 is 0 Å². The van der Waals surface area contributed by atoms with Crippen molar-refractivity contribution in [3.63, 3.8) is 0 Å². The molecule has 0 N–H and O–H groups in total. The Morgan fingerprint density at radius 3 is 0.707 bits per heavy atom. The van der Waals surface area contributed by atoms with E-state index in [-0.39, 0.29) is 0 Å². The van der Waals surface area contributed by atoms with Crippen LogP contribution in [0.2, 0.25) is 0 Å². The SMILES string of the molecule is c1ccc(-c2cc(-c3c4ccccc4c(-c4c5ccccc5c(-c5cc(-c6ccccc6)cc(N6c7ccccc7CCc7ccccc76)c5)c5ccccc45)c4ccccc34)cc(N3c4ccccc4CCc4ccccc43)c2)cc1. The van der Waals surface area contributed by atoms with Gasteiger partial charge in [-0.3, -0.25) is 0 Å². The third kappa shape index (κ3) is 7.93. The molecule has 0 saturated carbocycles. The fourth-order valence-corrected chi connectivity index (χ4v) is 13.9. The molecule has 0 aliphatic carbocycles. The molecule has 0 radical (unpaired) electrons. The minimum Gasteiger partial charge on any atom is -0.310 e. The van der Waals surface area contributed by atoms with E-state index in [2.05, 4.69) is 301 Å². The van der Waals surface area contributed by atoms with Crippen LogP contribution in [-0.2, 0) is 25.7 Å². The van der Waals surface area contributed by atoms with Crippen molar-refractivity contribution in [2.45, 2.75) is 25.7 Å². The molecule has 14 aromatic rings. The van der Waals surface area contributed by atoms with Gasteiger partial charge in [-0.2, -0.15) is 0 Å². The van der Waals surface area contributed by atoms with Crippen molar-refractivity contribution in [2.75, 3.05) is 9.80 Å². The average molecular weight is 1050 g/mol. The summed E-state index contributed by atoms with van der Waals surface area (Å²) in [5.74, 6) is 0. The molecule has 0 spiro atoms. The van der Waals surface area contributed by atoms with E-state index in [1.54, 1.807) is 0 Å². The van der Waals surface area contributed by atoms with Gasteiger partial charge in [0.1, 0.15) is 0 Å². The molecule has 2 heterocycles. The van der Waals surface area contributed by atoms with Crippen LogP contribution >= 0.6 is 0 Å². The quantitative estimate of drug-likeness (QED) is 0.147. The topological polar surface area (TPSA) is 6.48 Å². The van der Waals surface area contributed by atoms with E-state index in [1.807, 2.05) is 0 Å². The van der Waals surface area contributed by atoms with Gasteiger partial charge in [-0.1, -0.05) is 231 Å². The molecule has 0 aromatic heterocycles. The first kappa shape index (κ1) is 47.7. The first-order chi connectivity index (χ1) is 40.7. The predicted octanol–water partition coefficient (Wildman–Crippen LogP) is 21.8. The molecule has 16 rings (SSSR count). The molecule has 2 aliphatic heterocycles. The lowest BCUT2D eigenvalue weighted by atomic mass is 9.80. The number of fused-ring (bicyclic) bond motifs is 8. The highest BCUT2D eigenvalue weighted by molar-refractivity contribution is 6.30. The fourth-order valence-electron chi connectivity index (χ4n) is 13.9. The standard InChI is InChI=1S/C80H56N2/c1-3-23-53(24-4-1)59-47-61(51-63(49-59)81-73-39-19-7-27-55(73)43-44-56-28-8-20-40-74(56)81)77-65-31-11-15-35-69(65)79(70-36-16-12-32-66(70)77)80-71-37-17-13-33-67(71)78(68-34-14-18-38-72(68)80)62-48-60(54-25-5-2-6-26-54)50-64(52-62)82-75-41-21-9-29-57(75)45-46-58-30-10-22-42-76(58)82/h1-42,47-52H,43-46H2. The molecule has 2 aliphatic rings. The van der Waals surface area contributed by atoms with Gasteiger partial charge < -0.3 is 9.80 Å². The smallest absolute Gasteiger partial charge is 0.0493 e. The second kappa shape index (κ2) is 19.8. The van der Waals surface area contributed by atoms with E-state index >= 15 is 0 Å². The van der Waals surface area contributed by atoms with Crippen LogP contribution in [0.3, 0.4) is 0 Å². The molecule has 0 saturated heterocycles. The summed E-state index contributed by atoms with van der Waals surface area (Å²) in [6.45, 7) is 0. The molecule has 2 heteroatoms. The minimum absolute atomic E-state index is 0.986. The molecular weight excluding hydrogens is 989 g/mol. The molecule has 386 valence electrons. The van der Waals surface area contributed by atoms with Crippen LogP contribution in [0.15, 0.2) is 291 Å². The monoisotopic (exact) mass is 1040 g/mol. The number of nitrogens with zero attached hydrogens (tertiary/aromatic N) is 2. The zero-order valence-corrected chi connectivity index (χ0v) is 45.4. The molecule has 0 atom stereocenters. The van der Waals surface area contributed by atoms with Gasteiger partial charge in [-0.15, -0.1) is 0 Å². The summed E-state index contributed by atoms with van der Waals surface area (Å²) in [6.07, 6.45) is 3.94. The molecule has 14 aromatic carbocycles. The number of aryl methyl sites for hydroxylation is 4. The van der Waals surface area contributed by atoms with Crippen molar-refractivity contribution in [1.29, 1.82) is 0 Å². The van der Waals surface area contributed by atoms with E-state index in [1.165, 1.54) is 144 Å². The number of hydrogen-bond acceptors (Lipinski definition) is 2. The van der Waals surface area contributed by atoms with Crippen molar-refractivity contribution < 1.29 is 0 Å². The Morgan fingerprint density at radius 2 is 0.415 bits per heavy atom. The summed E-state index contributed by atoms with van der Waals surface area (Å²) in [7, 11) is 0. The van der Waals surface area contributed by atoms with Crippen LogP contribution in [0.25, 0.3) is 98.7 Å². The summed E-state index contributed by atoms with van der Waals surface area (Å²) in [6, 6.07) is 109. The van der Waals surface area contributed by atoms with Crippen LogP contribution in [0.1, 0.15) is 22.3 Å². The third-order valence-electron chi connectivity index (χ3n) is 17.5. The lowest BCUT2D eigenvalue weighted by molar-refractivity contribution is 0.977. The number of benzene rings is 14. The lowest BCUT2D eigenvalue weighted by Gasteiger charge is -2.29. The first-order valence-corrected chi connectivity index (χ1v) is 28.9. The maximum absolute atomic E-state index is 2.52.